The molecule has 126 valence electrons. The van der Waals surface area contributed by atoms with E-state index < -0.39 is 25.6 Å². The lowest BCUT2D eigenvalue weighted by Gasteiger charge is -2.26. The Morgan fingerprint density at radius 1 is 1.23 bits per heavy atom. The van der Waals surface area contributed by atoms with Gasteiger partial charge in [0.1, 0.15) is 4.75 Å². The van der Waals surface area contributed by atoms with Crippen LogP contribution >= 0.6 is 0 Å². The molecule has 0 radical (unpaired) electrons. The molecule has 0 bridgehead atoms. The fourth-order valence-corrected chi connectivity index (χ4v) is 3.67. The highest BCUT2D eigenvalue weighted by Gasteiger charge is 2.44. The highest BCUT2D eigenvalue weighted by Crippen LogP contribution is 2.25. The zero-order valence-electron chi connectivity index (χ0n) is 14.4. The minimum absolute atomic E-state index is 0.140. The Morgan fingerprint density at radius 3 is 2.18 bits per heavy atom. The van der Waals surface area contributed by atoms with Crippen molar-refractivity contribution in [2.45, 2.75) is 76.8 Å². The van der Waals surface area contributed by atoms with Gasteiger partial charge in [0.15, 0.2) is 21.4 Å². The van der Waals surface area contributed by atoms with E-state index in [1.54, 1.807) is 13.8 Å². The summed E-state index contributed by atoms with van der Waals surface area (Å²) in [5.74, 6) is -0.173. The molecule has 0 fully saturated rings. The van der Waals surface area contributed by atoms with Crippen LogP contribution in [0.25, 0.3) is 0 Å². The third-order valence-electron chi connectivity index (χ3n) is 3.86. The Balaban J connectivity index is 3.00. The summed E-state index contributed by atoms with van der Waals surface area (Å²) in [6.07, 6.45) is 0.330. The summed E-state index contributed by atoms with van der Waals surface area (Å²) in [5.41, 5.74) is -0.341. The summed E-state index contributed by atoms with van der Waals surface area (Å²) in [4.78, 5) is 13.9. The van der Waals surface area contributed by atoms with E-state index in [9.17, 15) is 13.2 Å². The van der Waals surface area contributed by atoms with Crippen LogP contribution in [0.2, 0.25) is 0 Å². The van der Waals surface area contributed by atoms with E-state index in [4.69, 9.17) is 0 Å². The highest BCUT2D eigenvalue weighted by molar-refractivity contribution is 7.94. The second-order valence-electron chi connectivity index (χ2n) is 7.04. The van der Waals surface area contributed by atoms with Crippen molar-refractivity contribution in [3.8, 4) is 0 Å². The molecule has 1 aromatic heterocycles. The summed E-state index contributed by atoms with van der Waals surface area (Å²) in [6, 6.07) is 0. The van der Waals surface area contributed by atoms with Crippen LogP contribution in [0.5, 0.6) is 0 Å². The Hall–Kier alpha value is -1.31. The fourth-order valence-electron chi connectivity index (χ4n) is 1.84. The van der Waals surface area contributed by atoms with Gasteiger partial charge in [-0.2, -0.15) is 4.80 Å². The average Bonchev–Trinajstić information content (AvgIpc) is 2.85. The van der Waals surface area contributed by atoms with E-state index in [-0.39, 0.29) is 17.8 Å². The minimum atomic E-state index is -3.56. The molecule has 8 heteroatoms. The Kier molecular flexibility index (Phi) is 5.16. The quantitative estimate of drug-likeness (QED) is 0.785. The van der Waals surface area contributed by atoms with Gasteiger partial charge in [0, 0.05) is 0 Å². The van der Waals surface area contributed by atoms with Crippen molar-refractivity contribution in [2.24, 2.45) is 0 Å². The molecule has 0 saturated carbocycles. The smallest absolute Gasteiger partial charge is 0.182 e. The van der Waals surface area contributed by atoms with Crippen molar-refractivity contribution >= 4 is 15.6 Å². The molecule has 1 heterocycles. The Morgan fingerprint density at radius 2 is 1.77 bits per heavy atom. The predicted molar refractivity (Wildman–Crippen MR) is 84.3 cm³/mol. The van der Waals surface area contributed by atoms with Gasteiger partial charge < -0.3 is 0 Å². The van der Waals surface area contributed by atoms with Crippen molar-refractivity contribution in [1.82, 2.24) is 20.2 Å². The fraction of sp³-hybridized carbons (Fsp3) is 0.857. The Labute approximate surface area is 132 Å². The lowest BCUT2D eigenvalue weighted by molar-refractivity contribution is -0.120. The normalized spacial score (nSPS) is 14.9. The van der Waals surface area contributed by atoms with Gasteiger partial charge in [0.2, 0.25) is 0 Å². The van der Waals surface area contributed by atoms with Crippen LogP contribution in [0, 0.1) is 0 Å². The van der Waals surface area contributed by atoms with E-state index in [2.05, 4.69) is 15.4 Å². The molecule has 22 heavy (non-hydrogen) atoms. The number of Topliss-reactive ketones (excluding diaryl/α,β-unsaturated/α-hetero) is 1. The SMILES string of the molecule is CC[C@H](C)S(=O)(=O)C(C)(C)C(=O)Cc1nnn(C(C)(C)C)n1. The molecular weight excluding hydrogens is 304 g/mol. The maximum absolute atomic E-state index is 12.5. The third-order valence-corrected chi connectivity index (χ3v) is 6.90. The lowest BCUT2D eigenvalue weighted by atomic mass is 10.1. The number of hydrogen-bond acceptors (Lipinski definition) is 6. The zero-order chi connectivity index (χ0) is 17.3. The van der Waals surface area contributed by atoms with Gasteiger partial charge in [0.05, 0.1) is 17.2 Å². The van der Waals surface area contributed by atoms with Crippen molar-refractivity contribution in [1.29, 1.82) is 0 Å². The molecule has 0 unspecified atom stereocenters. The highest BCUT2D eigenvalue weighted by atomic mass is 32.2. The molecule has 1 rings (SSSR count). The summed E-state index contributed by atoms with van der Waals surface area (Å²) in [7, 11) is -3.56. The standard InChI is InChI=1S/C14H26N4O3S/c1-8-10(2)22(20,21)14(6,7)11(19)9-12-15-17-18(16-12)13(3,4)5/h10H,8-9H2,1-7H3/t10-/m0/s1. The van der Waals surface area contributed by atoms with Crippen molar-refractivity contribution < 1.29 is 13.2 Å². The number of hydrogen-bond donors (Lipinski definition) is 0. The largest absolute Gasteiger partial charge is 0.297 e. The first-order valence-corrected chi connectivity index (χ1v) is 8.94. The molecule has 7 nitrogen and oxygen atoms in total. The first kappa shape index (κ1) is 18.7. The van der Waals surface area contributed by atoms with Gasteiger partial charge in [-0.1, -0.05) is 6.92 Å². The van der Waals surface area contributed by atoms with Gasteiger partial charge in [-0.3, -0.25) is 4.79 Å². The average molecular weight is 330 g/mol. The maximum Gasteiger partial charge on any atom is 0.182 e. The van der Waals surface area contributed by atoms with E-state index in [1.807, 2.05) is 20.8 Å². The molecule has 0 aliphatic carbocycles. The van der Waals surface area contributed by atoms with Crippen LogP contribution < -0.4 is 0 Å². The summed E-state index contributed by atoms with van der Waals surface area (Å²) >= 11 is 0. The molecule has 0 N–H and O–H groups in total. The molecule has 0 aromatic carbocycles. The van der Waals surface area contributed by atoms with Gasteiger partial charge in [0.25, 0.3) is 0 Å². The summed E-state index contributed by atoms with van der Waals surface area (Å²) in [6.45, 7) is 12.1. The number of ketones is 1. The predicted octanol–water partition coefficient (Wildman–Crippen LogP) is 1.53. The lowest BCUT2D eigenvalue weighted by Crippen LogP contribution is -2.46. The van der Waals surface area contributed by atoms with E-state index in [0.29, 0.717) is 6.42 Å². The first-order valence-electron chi connectivity index (χ1n) is 7.40. The van der Waals surface area contributed by atoms with E-state index in [1.165, 1.54) is 18.6 Å². The third kappa shape index (κ3) is 3.53. The van der Waals surface area contributed by atoms with E-state index in [0.717, 1.165) is 0 Å². The molecule has 1 atom stereocenters. The number of carbonyl (C=O) groups excluding carboxylic acids is 1. The van der Waals surface area contributed by atoms with Crippen molar-refractivity contribution in [3.63, 3.8) is 0 Å². The molecule has 0 amide bonds. The number of aromatic nitrogens is 4. The zero-order valence-corrected chi connectivity index (χ0v) is 15.2. The van der Waals surface area contributed by atoms with Crippen molar-refractivity contribution in [3.05, 3.63) is 5.82 Å². The van der Waals surface area contributed by atoms with E-state index >= 15 is 0 Å². The second kappa shape index (κ2) is 6.06. The molecule has 0 spiro atoms. The summed E-state index contributed by atoms with van der Waals surface area (Å²) < 4.78 is 23.5. The minimum Gasteiger partial charge on any atom is -0.297 e. The van der Waals surface area contributed by atoms with Crippen LogP contribution in [0.15, 0.2) is 0 Å². The molecular formula is C14H26N4O3S. The summed E-state index contributed by atoms with van der Waals surface area (Å²) in [5, 5.41) is 11.4. The maximum atomic E-state index is 12.5. The van der Waals surface area contributed by atoms with Crippen LogP contribution in [0.4, 0.5) is 0 Å². The topological polar surface area (TPSA) is 94.8 Å². The number of nitrogens with zero attached hydrogens (tertiary/aromatic N) is 4. The van der Waals surface area contributed by atoms with Crippen LogP contribution in [0.1, 0.15) is 60.7 Å². The second-order valence-corrected chi connectivity index (χ2v) is 9.96. The number of rotatable bonds is 6. The number of tetrazole rings is 1. The molecule has 0 aliphatic heterocycles. The van der Waals surface area contributed by atoms with Crippen molar-refractivity contribution in [2.75, 3.05) is 0 Å². The van der Waals surface area contributed by atoms with Crippen LogP contribution in [-0.4, -0.2) is 44.4 Å². The van der Waals surface area contributed by atoms with Crippen LogP contribution in [0.3, 0.4) is 0 Å². The van der Waals surface area contributed by atoms with Gasteiger partial charge in [-0.05, 0) is 53.2 Å². The monoisotopic (exact) mass is 330 g/mol. The Bertz CT molecular complexity index is 641. The first-order chi connectivity index (χ1) is 9.84. The van der Waals surface area contributed by atoms with Gasteiger partial charge in [-0.25, -0.2) is 8.42 Å². The molecule has 0 saturated heterocycles. The van der Waals surface area contributed by atoms with Crippen LogP contribution in [-0.2, 0) is 26.6 Å². The molecule has 1 aromatic rings. The number of carbonyl (C=O) groups is 1. The molecule has 0 aliphatic rings. The number of sulfone groups is 1. The van der Waals surface area contributed by atoms with Gasteiger partial charge >= 0.3 is 0 Å². The van der Waals surface area contributed by atoms with Gasteiger partial charge in [-0.15, -0.1) is 10.2 Å².